The van der Waals surface area contributed by atoms with Crippen LogP contribution in [0.3, 0.4) is 0 Å². The summed E-state index contributed by atoms with van der Waals surface area (Å²) in [5, 5.41) is 2.94. The van der Waals surface area contributed by atoms with Gasteiger partial charge in [-0.1, -0.05) is 44.5 Å². The molecule has 4 heteroatoms. The van der Waals surface area contributed by atoms with E-state index in [1.54, 1.807) is 0 Å². The molecule has 0 unspecified atom stereocenters. The van der Waals surface area contributed by atoms with Crippen LogP contribution >= 0.6 is 0 Å². The number of carbonyl (C=O) groups excluding carboxylic acids is 2. The van der Waals surface area contributed by atoms with Crippen molar-refractivity contribution >= 4 is 11.7 Å². The summed E-state index contributed by atoms with van der Waals surface area (Å²) in [6.45, 7) is 8.51. The minimum Gasteiger partial charge on any atom is -0.356 e. The molecule has 1 aromatic rings. The molecular formula is C22H34N2O2. The third kappa shape index (κ3) is 7.69. The first-order valence-corrected chi connectivity index (χ1v) is 10.2. The third-order valence-corrected chi connectivity index (χ3v) is 4.92. The first kappa shape index (κ1) is 20.6. The van der Waals surface area contributed by atoms with Crippen molar-refractivity contribution < 1.29 is 9.59 Å². The molecule has 1 aromatic carbocycles. The van der Waals surface area contributed by atoms with Crippen molar-refractivity contribution in [2.24, 2.45) is 5.92 Å². The Bertz CT molecular complexity index is 560. The quantitative estimate of drug-likeness (QED) is 0.511. The van der Waals surface area contributed by atoms with E-state index in [9.17, 15) is 9.59 Å². The lowest BCUT2D eigenvalue weighted by molar-refractivity contribution is -0.121. The maximum Gasteiger partial charge on any atom is 0.220 e. The molecule has 0 saturated carbocycles. The van der Waals surface area contributed by atoms with Crippen LogP contribution < -0.4 is 5.32 Å². The summed E-state index contributed by atoms with van der Waals surface area (Å²) < 4.78 is 0. The van der Waals surface area contributed by atoms with E-state index in [0.717, 1.165) is 19.4 Å². The molecule has 0 atom stereocenters. The van der Waals surface area contributed by atoms with Gasteiger partial charge in [-0.25, -0.2) is 0 Å². The monoisotopic (exact) mass is 358 g/mol. The highest BCUT2D eigenvalue weighted by Crippen LogP contribution is 2.12. The highest BCUT2D eigenvalue weighted by molar-refractivity contribution is 5.97. The SMILES string of the molecule is CC(C)Cc1ccc(C(=O)CCC(=O)NCCCN2CCCCC2)cc1. The molecule has 1 fully saturated rings. The molecule has 1 aliphatic rings. The number of hydrogen-bond acceptors (Lipinski definition) is 3. The molecule has 0 aromatic heterocycles. The Balaban J connectivity index is 1.61. The van der Waals surface area contributed by atoms with Crippen molar-refractivity contribution in [3.8, 4) is 0 Å². The lowest BCUT2D eigenvalue weighted by Crippen LogP contribution is -2.33. The van der Waals surface area contributed by atoms with Gasteiger partial charge in [0.1, 0.15) is 0 Å². The molecule has 1 aliphatic heterocycles. The minimum absolute atomic E-state index is 0.0200. The highest BCUT2D eigenvalue weighted by Gasteiger charge is 2.11. The van der Waals surface area contributed by atoms with Gasteiger partial charge >= 0.3 is 0 Å². The van der Waals surface area contributed by atoms with E-state index in [4.69, 9.17) is 0 Å². The average molecular weight is 359 g/mol. The number of Topliss-reactive ketones (excluding diaryl/α,β-unsaturated/α-hetero) is 1. The van der Waals surface area contributed by atoms with E-state index >= 15 is 0 Å². The van der Waals surface area contributed by atoms with Gasteiger partial charge in [0, 0.05) is 24.9 Å². The number of rotatable bonds is 10. The molecule has 144 valence electrons. The van der Waals surface area contributed by atoms with Crippen molar-refractivity contribution in [3.05, 3.63) is 35.4 Å². The Kier molecular flexibility index (Phi) is 8.82. The van der Waals surface area contributed by atoms with Crippen molar-refractivity contribution in [2.75, 3.05) is 26.2 Å². The summed E-state index contributed by atoms with van der Waals surface area (Å²) in [6, 6.07) is 7.81. The average Bonchev–Trinajstić information content (AvgIpc) is 2.64. The number of hydrogen-bond donors (Lipinski definition) is 1. The van der Waals surface area contributed by atoms with Gasteiger partial charge < -0.3 is 10.2 Å². The molecule has 4 nitrogen and oxygen atoms in total. The fraction of sp³-hybridized carbons (Fsp3) is 0.636. The normalized spacial score (nSPS) is 15.2. The zero-order valence-corrected chi connectivity index (χ0v) is 16.4. The van der Waals surface area contributed by atoms with Crippen molar-refractivity contribution in [1.29, 1.82) is 0 Å². The Hall–Kier alpha value is -1.68. The van der Waals surface area contributed by atoms with E-state index in [1.807, 2.05) is 24.3 Å². The molecule has 1 amide bonds. The molecule has 1 N–H and O–H groups in total. The number of amides is 1. The van der Waals surface area contributed by atoms with Crippen LogP contribution in [0.15, 0.2) is 24.3 Å². The number of likely N-dealkylation sites (tertiary alicyclic amines) is 1. The second-order valence-corrected chi connectivity index (χ2v) is 7.82. The van der Waals surface area contributed by atoms with E-state index < -0.39 is 0 Å². The summed E-state index contributed by atoms with van der Waals surface area (Å²) in [4.78, 5) is 26.6. The van der Waals surface area contributed by atoms with Gasteiger partial charge in [0.05, 0.1) is 0 Å². The van der Waals surface area contributed by atoms with Gasteiger partial charge in [0.2, 0.25) is 5.91 Å². The predicted octanol–water partition coefficient (Wildman–Crippen LogP) is 3.84. The topological polar surface area (TPSA) is 49.4 Å². The van der Waals surface area contributed by atoms with Crippen LogP contribution in [0.1, 0.15) is 68.3 Å². The lowest BCUT2D eigenvalue weighted by atomic mass is 9.99. The summed E-state index contributed by atoms with van der Waals surface area (Å²) in [5.74, 6) is 0.633. The van der Waals surface area contributed by atoms with Crippen LogP contribution in [0.25, 0.3) is 0 Å². The second-order valence-electron chi connectivity index (χ2n) is 7.82. The summed E-state index contributed by atoms with van der Waals surface area (Å²) in [7, 11) is 0. The second kappa shape index (κ2) is 11.1. The number of ketones is 1. The Morgan fingerprint density at radius 1 is 1.04 bits per heavy atom. The number of piperidine rings is 1. The van der Waals surface area contributed by atoms with Gasteiger partial charge in [-0.05, 0) is 56.8 Å². The molecule has 2 rings (SSSR count). The van der Waals surface area contributed by atoms with Gasteiger partial charge in [-0.2, -0.15) is 0 Å². The summed E-state index contributed by atoms with van der Waals surface area (Å²) in [5.41, 5.74) is 1.96. The van der Waals surface area contributed by atoms with E-state index in [-0.39, 0.29) is 24.5 Å². The van der Waals surface area contributed by atoms with E-state index in [2.05, 4.69) is 24.1 Å². The maximum atomic E-state index is 12.2. The predicted molar refractivity (Wildman–Crippen MR) is 106 cm³/mol. The zero-order valence-electron chi connectivity index (χ0n) is 16.4. The fourth-order valence-corrected chi connectivity index (χ4v) is 3.47. The van der Waals surface area contributed by atoms with E-state index in [0.29, 0.717) is 18.0 Å². The molecule has 0 bridgehead atoms. The molecular weight excluding hydrogens is 324 g/mol. The molecule has 0 spiro atoms. The number of carbonyl (C=O) groups is 2. The van der Waals surface area contributed by atoms with Crippen molar-refractivity contribution in [2.45, 2.75) is 58.8 Å². The fourth-order valence-electron chi connectivity index (χ4n) is 3.47. The van der Waals surface area contributed by atoms with Crippen LogP contribution in [-0.2, 0) is 11.2 Å². The summed E-state index contributed by atoms with van der Waals surface area (Å²) in [6.07, 6.45) is 6.50. The lowest BCUT2D eigenvalue weighted by Gasteiger charge is -2.26. The first-order valence-electron chi connectivity index (χ1n) is 10.2. The third-order valence-electron chi connectivity index (χ3n) is 4.92. The molecule has 0 radical (unpaired) electrons. The highest BCUT2D eigenvalue weighted by atomic mass is 16.2. The number of nitrogens with one attached hydrogen (secondary N) is 1. The Morgan fingerprint density at radius 3 is 2.38 bits per heavy atom. The van der Waals surface area contributed by atoms with Crippen LogP contribution in [0.2, 0.25) is 0 Å². The molecule has 26 heavy (non-hydrogen) atoms. The van der Waals surface area contributed by atoms with Crippen molar-refractivity contribution in [1.82, 2.24) is 10.2 Å². The maximum absolute atomic E-state index is 12.2. The van der Waals surface area contributed by atoms with Gasteiger partial charge in [-0.15, -0.1) is 0 Å². The van der Waals surface area contributed by atoms with Gasteiger partial charge in [0.15, 0.2) is 5.78 Å². The number of benzene rings is 1. The first-order chi connectivity index (χ1) is 12.5. The smallest absolute Gasteiger partial charge is 0.220 e. The van der Waals surface area contributed by atoms with E-state index in [1.165, 1.54) is 37.9 Å². The van der Waals surface area contributed by atoms with Crippen LogP contribution in [-0.4, -0.2) is 42.8 Å². The molecule has 0 aliphatic carbocycles. The Labute approximate surface area is 158 Å². The molecule has 1 heterocycles. The summed E-state index contributed by atoms with van der Waals surface area (Å²) >= 11 is 0. The van der Waals surface area contributed by atoms with Crippen LogP contribution in [0.4, 0.5) is 0 Å². The van der Waals surface area contributed by atoms with Crippen LogP contribution in [0, 0.1) is 5.92 Å². The largest absolute Gasteiger partial charge is 0.356 e. The van der Waals surface area contributed by atoms with Gasteiger partial charge in [0.25, 0.3) is 0 Å². The van der Waals surface area contributed by atoms with Crippen LogP contribution in [0.5, 0.6) is 0 Å². The number of nitrogens with zero attached hydrogens (tertiary/aromatic N) is 1. The Morgan fingerprint density at radius 2 is 1.73 bits per heavy atom. The van der Waals surface area contributed by atoms with Gasteiger partial charge in [-0.3, -0.25) is 9.59 Å². The zero-order chi connectivity index (χ0) is 18.8. The molecule has 1 saturated heterocycles. The standard InChI is InChI=1S/C22H34N2O2/c1-18(2)17-19-7-9-20(10-8-19)21(25)11-12-22(26)23-13-6-16-24-14-4-3-5-15-24/h7-10,18H,3-6,11-17H2,1-2H3,(H,23,26). The van der Waals surface area contributed by atoms with Crippen molar-refractivity contribution in [3.63, 3.8) is 0 Å². The minimum atomic E-state index is -0.0200.